The average molecular weight is 689 g/mol. The molecule has 1 aromatic carbocycles. The van der Waals surface area contributed by atoms with E-state index in [-0.39, 0.29) is 30.1 Å². The predicted molar refractivity (Wildman–Crippen MR) is 156 cm³/mol. The van der Waals surface area contributed by atoms with E-state index in [1.54, 1.807) is 6.07 Å². The van der Waals surface area contributed by atoms with Crippen molar-refractivity contribution in [2.75, 3.05) is 0 Å². The van der Waals surface area contributed by atoms with E-state index in [0.717, 1.165) is 57.8 Å². The van der Waals surface area contributed by atoms with Gasteiger partial charge in [0.2, 0.25) is 0 Å². The number of carboxylic acids is 1. The van der Waals surface area contributed by atoms with Crippen molar-refractivity contribution < 1.29 is 59.6 Å². The Labute approximate surface area is 269 Å². The van der Waals surface area contributed by atoms with Gasteiger partial charge in [-0.2, -0.15) is 39.5 Å². The van der Waals surface area contributed by atoms with Gasteiger partial charge < -0.3 is 15.3 Å². The first-order valence-electron chi connectivity index (χ1n) is 16.7. The number of aromatic hydroxyl groups is 1. The highest BCUT2D eigenvalue weighted by molar-refractivity contribution is 5.69. The monoisotopic (exact) mass is 688 g/mol. The van der Waals surface area contributed by atoms with Gasteiger partial charge in [0, 0.05) is 6.42 Å². The molecule has 3 aliphatic rings. The molecule has 7 atom stereocenters. The van der Waals surface area contributed by atoms with Crippen molar-refractivity contribution in [3.8, 4) is 5.75 Å². The predicted octanol–water partition coefficient (Wildman–Crippen LogP) is 9.91. The van der Waals surface area contributed by atoms with Crippen molar-refractivity contribution in [2.45, 2.75) is 139 Å². The van der Waals surface area contributed by atoms with Crippen LogP contribution in [0.2, 0.25) is 0 Å². The molecule has 0 radical (unpaired) electrons. The van der Waals surface area contributed by atoms with Crippen LogP contribution in [0.5, 0.6) is 5.75 Å². The quantitative estimate of drug-likeness (QED) is 0.127. The smallest absolute Gasteiger partial charge is 0.460 e. The van der Waals surface area contributed by atoms with E-state index >= 15 is 0 Å². The van der Waals surface area contributed by atoms with Gasteiger partial charge in [-0.3, -0.25) is 4.79 Å². The Balaban J connectivity index is 1.23. The largest absolute Gasteiger partial charge is 0.508 e. The summed E-state index contributed by atoms with van der Waals surface area (Å²) in [5, 5.41) is 30.3. The summed E-state index contributed by atoms with van der Waals surface area (Å²) in [6, 6.07) is 5.67. The molecule has 47 heavy (non-hydrogen) atoms. The molecule has 2 fully saturated rings. The van der Waals surface area contributed by atoms with Crippen LogP contribution >= 0.6 is 0 Å². The number of hydrogen-bond acceptors (Lipinski definition) is 3. The summed E-state index contributed by atoms with van der Waals surface area (Å²) in [5.41, 5.74) is 2.40. The topological polar surface area (TPSA) is 77.8 Å². The number of aliphatic carboxylic acids is 1. The van der Waals surface area contributed by atoms with Crippen LogP contribution in [0.3, 0.4) is 0 Å². The molecule has 3 aliphatic carbocycles. The molecule has 1 unspecified atom stereocenters. The number of aliphatic hydroxyl groups excluding tert-OH is 1. The standard InChI is InChI=1S/C34H45F9O4/c1-30-16-15-25-24-11-10-23(44)19-22(24)18-21(28(25)26(30)12-13-27(30)45)9-7-5-3-2-4-6-8-20(29(46)47)14-17-31(35,36)32(37,38)33(39,40)34(41,42)43/h10-11,19-21,25-28,44-45H,2-9,12-18H2,1H3,(H,46,47)/t20?,21-,25-,26+,27+,28-,30+/m1/s1. The zero-order valence-corrected chi connectivity index (χ0v) is 26.5. The Morgan fingerprint density at radius 2 is 1.53 bits per heavy atom. The molecule has 0 aromatic heterocycles. The third-order valence-electron chi connectivity index (χ3n) is 11.6. The third kappa shape index (κ3) is 7.39. The van der Waals surface area contributed by atoms with E-state index in [9.17, 15) is 59.6 Å². The summed E-state index contributed by atoms with van der Waals surface area (Å²) in [6.45, 7) is 2.22. The molecule has 3 N–H and O–H groups in total. The lowest BCUT2D eigenvalue weighted by atomic mass is 9.52. The minimum Gasteiger partial charge on any atom is -0.508 e. The zero-order chi connectivity index (χ0) is 35.0. The van der Waals surface area contributed by atoms with E-state index in [2.05, 4.69) is 13.0 Å². The molecular weight excluding hydrogens is 643 g/mol. The maximum absolute atomic E-state index is 13.9. The molecule has 4 rings (SSSR count). The first kappa shape index (κ1) is 37.6. The lowest BCUT2D eigenvalue weighted by Crippen LogP contribution is -2.60. The molecule has 2 saturated carbocycles. The van der Waals surface area contributed by atoms with Crippen LogP contribution in [0.1, 0.15) is 114 Å². The Kier molecular flexibility index (Phi) is 11.2. The number of benzene rings is 1. The zero-order valence-electron chi connectivity index (χ0n) is 26.5. The summed E-state index contributed by atoms with van der Waals surface area (Å²) in [6.07, 6.45) is -0.984. The summed E-state index contributed by atoms with van der Waals surface area (Å²) in [4.78, 5) is 11.5. The molecule has 268 valence electrons. The van der Waals surface area contributed by atoms with E-state index in [0.29, 0.717) is 36.5 Å². The van der Waals surface area contributed by atoms with Gasteiger partial charge in [0.05, 0.1) is 12.0 Å². The molecule has 0 bridgehead atoms. The maximum atomic E-state index is 13.9. The fourth-order valence-electron chi connectivity index (χ4n) is 8.85. The van der Waals surface area contributed by atoms with Crippen molar-refractivity contribution in [3.05, 3.63) is 29.3 Å². The molecule has 13 heteroatoms. The second kappa shape index (κ2) is 14.0. The van der Waals surface area contributed by atoms with Gasteiger partial charge in [0.15, 0.2) is 0 Å². The van der Waals surface area contributed by atoms with Crippen LogP contribution in [0.25, 0.3) is 0 Å². The number of rotatable bonds is 15. The Bertz CT molecular complexity index is 1240. The van der Waals surface area contributed by atoms with Gasteiger partial charge in [0.25, 0.3) is 0 Å². The minimum atomic E-state index is -6.98. The SMILES string of the molecule is C[C@]12CC[C@@H]3c4ccc(O)cc4C[C@@H](CCCCCCCCC(CCC(F)(F)C(F)(F)C(F)(F)C(F)(F)F)C(=O)O)[C@H]3[C@@H]1CC[C@@H]2O. The van der Waals surface area contributed by atoms with Gasteiger partial charge in [-0.05, 0) is 104 Å². The van der Waals surface area contributed by atoms with Crippen molar-refractivity contribution in [2.24, 2.45) is 29.1 Å². The minimum absolute atomic E-state index is 0.0907. The highest BCUT2D eigenvalue weighted by Gasteiger charge is 2.81. The van der Waals surface area contributed by atoms with Crippen LogP contribution in [-0.4, -0.2) is 51.3 Å². The molecule has 4 nitrogen and oxygen atoms in total. The number of phenolic OH excluding ortho intramolecular Hbond substituents is 1. The molecular formula is C34H45F9O4. The maximum Gasteiger partial charge on any atom is 0.460 e. The number of unbranched alkanes of at least 4 members (excludes halogenated alkanes) is 5. The van der Waals surface area contributed by atoms with Crippen molar-refractivity contribution in [1.29, 1.82) is 0 Å². The van der Waals surface area contributed by atoms with Crippen LogP contribution in [0, 0.1) is 29.1 Å². The number of hydrogen-bond donors (Lipinski definition) is 3. The summed E-state index contributed by atoms with van der Waals surface area (Å²) in [5.74, 6) is -20.8. The van der Waals surface area contributed by atoms with Gasteiger partial charge in [0.1, 0.15) is 5.75 Å². The van der Waals surface area contributed by atoms with E-state index in [4.69, 9.17) is 0 Å². The second-order valence-corrected chi connectivity index (χ2v) is 14.4. The van der Waals surface area contributed by atoms with Crippen LogP contribution < -0.4 is 0 Å². The fraction of sp³-hybridized carbons (Fsp3) is 0.794. The number of carboxylic acid groups (broad SMARTS) is 1. The van der Waals surface area contributed by atoms with Gasteiger partial charge in [-0.25, -0.2) is 0 Å². The number of fused-ring (bicyclic) bond motifs is 5. The Hall–Kier alpha value is -2.18. The van der Waals surface area contributed by atoms with E-state index in [1.807, 2.05) is 6.07 Å². The van der Waals surface area contributed by atoms with E-state index in [1.165, 1.54) is 11.1 Å². The number of phenols is 1. The van der Waals surface area contributed by atoms with Crippen LogP contribution in [0.15, 0.2) is 18.2 Å². The molecule has 0 saturated heterocycles. The van der Waals surface area contributed by atoms with Crippen LogP contribution in [-0.2, 0) is 11.2 Å². The first-order valence-corrected chi connectivity index (χ1v) is 16.7. The van der Waals surface area contributed by atoms with E-state index < -0.39 is 48.7 Å². The molecule has 0 heterocycles. The summed E-state index contributed by atoms with van der Waals surface area (Å²) < 4.78 is 118. The average Bonchev–Trinajstić information content (AvgIpc) is 3.28. The highest BCUT2D eigenvalue weighted by atomic mass is 19.4. The first-order chi connectivity index (χ1) is 21.7. The summed E-state index contributed by atoms with van der Waals surface area (Å²) in [7, 11) is 0. The Morgan fingerprint density at radius 1 is 0.894 bits per heavy atom. The normalized spacial score (nSPS) is 28.8. The van der Waals surface area contributed by atoms with Gasteiger partial charge >= 0.3 is 29.9 Å². The van der Waals surface area contributed by atoms with Crippen molar-refractivity contribution >= 4 is 5.97 Å². The lowest BCUT2D eigenvalue weighted by Gasteiger charge is -2.53. The molecule has 0 amide bonds. The third-order valence-corrected chi connectivity index (χ3v) is 11.6. The van der Waals surface area contributed by atoms with Gasteiger partial charge in [-0.1, -0.05) is 51.5 Å². The number of carbonyl (C=O) groups is 1. The lowest BCUT2D eigenvalue weighted by molar-refractivity contribution is -0.396. The number of halogens is 9. The molecule has 0 aliphatic heterocycles. The second-order valence-electron chi connectivity index (χ2n) is 14.4. The number of alkyl halides is 9. The molecule has 0 spiro atoms. The van der Waals surface area contributed by atoms with Crippen molar-refractivity contribution in [1.82, 2.24) is 0 Å². The fourth-order valence-corrected chi connectivity index (χ4v) is 8.85. The van der Waals surface area contributed by atoms with Crippen molar-refractivity contribution in [3.63, 3.8) is 0 Å². The molecule has 1 aromatic rings. The summed E-state index contributed by atoms with van der Waals surface area (Å²) >= 11 is 0. The number of aliphatic hydroxyl groups is 1. The Morgan fingerprint density at radius 3 is 2.17 bits per heavy atom. The highest BCUT2D eigenvalue weighted by Crippen LogP contribution is 2.63. The van der Waals surface area contributed by atoms with Crippen LogP contribution in [0.4, 0.5) is 39.5 Å². The van der Waals surface area contributed by atoms with Gasteiger partial charge in [-0.15, -0.1) is 0 Å².